The lowest BCUT2D eigenvalue weighted by atomic mass is 10.2. The van der Waals surface area contributed by atoms with Crippen molar-refractivity contribution in [2.24, 2.45) is 0 Å². The van der Waals surface area contributed by atoms with E-state index in [1.165, 1.54) is 5.56 Å². The van der Waals surface area contributed by atoms with Crippen LogP contribution in [0.25, 0.3) is 5.69 Å². The van der Waals surface area contributed by atoms with Crippen LogP contribution in [0, 0.1) is 6.92 Å². The summed E-state index contributed by atoms with van der Waals surface area (Å²) in [6.45, 7) is 2.06. The van der Waals surface area contributed by atoms with Crippen LogP contribution in [0.2, 0.25) is 0 Å². The average molecular weight is 207 g/mol. The highest BCUT2D eigenvalue weighted by atomic mass is 35.5. The number of alkyl halides is 1. The van der Waals surface area contributed by atoms with Gasteiger partial charge in [-0.2, -0.15) is 5.10 Å². The fourth-order valence-electron chi connectivity index (χ4n) is 1.42. The largest absolute Gasteiger partial charge is 0.237 e. The fraction of sp³-hybridized carbons (Fsp3) is 0.182. The number of hydrogen-bond donors (Lipinski definition) is 0. The predicted molar refractivity (Wildman–Crippen MR) is 57.9 cm³/mol. The second-order valence-corrected chi connectivity index (χ2v) is 3.47. The minimum atomic E-state index is 0.480. The average Bonchev–Trinajstić information content (AvgIpc) is 2.65. The number of aryl methyl sites for hydroxylation is 1. The molecular weight excluding hydrogens is 196 g/mol. The Bertz CT molecular complexity index is 434. The van der Waals surface area contributed by atoms with Crippen LogP contribution in [-0.2, 0) is 5.88 Å². The molecule has 0 amide bonds. The summed E-state index contributed by atoms with van der Waals surface area (Å²) in [5, 5.41) is 4.23. The Hall–Kier alpha value is -1.28. The molecule has 0 aliphatic carbocycles. The molecule has 2 rings (SSSR count). The minimum Gasteiger partial charge on any atom is -0.237 e. The van der Waals surface area contributed by atoms with Crippen molar-refractivity contribution in [2.45, 2.75) is 12.8 Å². The van der Waals surface area contributed by atoms with Gasteiger partial charge in [-0.3, -0.25) is 0 Å². The first-order valence-corrected chi connectivity index (χ1v) is 5.00. The third-order valence-electron chi connectivity index (χ3n) is 2.10. The van der Waals surface area contributed by atoms with E-state index < -0.39 is 0 Å². The van der Waals surface area contributed by atoms with Crippen LogP contribution in [0.4, 0.5) is 0 Å². The topological polar surface area (TPSA) is 17.8 Å². The SMILES string of the molecule is Cc1cccc(-n2nccc2CCl)c1. The van der Waals surface area contributed by atoms with Crippen molar-refractivity contribution in [2.75, 3.05) is 0 Å². The van der Waals surface area contributed by atoms with Gasteiger partial charge in [-0.25, -0.2) is 4.68 Å². The molecule has 0 aliphatic heterocycles. The first kappa shape index (κ1) is 9.28. The van der Waals surface area contributed by atoms with Gasteiger partial charge < -0.3 is 0 Å². The van der Waals surface area contributed by atoms with Crippen molar-refractivity contribution in [1.82, 2.24) is 9.78 Å². The quantitative estimate of drug-likeness (QED) is 0.691. The molecule has 2 aromatic rings. The number of nitrogens with zero attached hydrogens (tertiary/aromatic N) is 2. The van der Waals surface area contributed by atoms with Crippen molar-refractivity contribution < 1.29 is 0 Å². The lowest BCUT2D eigenvalue weighted by Gasteiger charge is -2.05. The molecule has 14 heavy (non-hydrogen) atoms. The lowest BCUT2D eigenvalue weighted by Crippen LogP contribution is -2.00. The molecule has 0 saturated heterocycles. The van der Waals surface area contributed by atoms with Crippen LogP contribution >= 0.6 is 11.6 Å². The second-order valence-electron chi connectivity index (χ2n) is 3.21. The molecule has 0 spiro atoms. The molecule has 0 radical (unpaired) electrons. The van der Waals surface area contributed by atoms with Crippen molar-refractivity contribution in [3.05, 3.63) is 47.8 Å². The summed E-state index contributed by atoms with van der Waals surface area (Å²) in [7, 11) is 0. The molecule has 0 unspecified atom stereocenters. The number of hydrogen-bond acceptors (Lipinski definition) is 1. The molecule has 1 aromatic heterocycles. The smallest absolute Gasteiger partial charge is 0.0651 e. The first-order chi connectivity index (χ1) is 6.81. The van der Waals surface area contributed by atoms with Gasteiger partial charge in [0.15, 0.2) is 0 Å². The van der Waals surface area contributed by atoms with Crippen LogP contribution in [-0.4, -0.2) is 9.78 Å². The van der Waals surface area contributed by atoms with Crippen molar-refractivity contribution in [3.8, 4) is 5.69 Å². The summed E-state index contributed by atoms with van der Waals surface area (Å²) in [5.41, 5.74) is 3.29. The van der Waals surface area contributed by atoms with Gasteiger partial charge in [-0.05, 0) is 30.7 Å². The maximum absolute atomic E-state index is 5.80. The Labute approximate surface area is 88.1 Å². The van der Waals surface area contributed by atoms with Gasteiger partial charge in [-0.1, -0.05) is 12.1 Å². The number of aromatic nitrogens is 2. The molecular formula is C11H11ClN2. The molecule has 0 aliphatic rings. The van der Waals surface area contributed by atoms with Crippen molar-refractivity contribution >= 4 is 11.6 Å². The monoisotopic (exact) mass is 206 g/mol. The van der Waals surface area contributed by atoms with Crippen LogP contribution < -0.4 is 0 Å². The molecule has 0 fully saturated rings. The van der Waals surface area contributed by atoms with Gasteiger partial charge in [0, 0.05) is 6.20 Å². The van der Waals surface area contributed by atoms with Gasteiger partial charge >= 0.3 is 0 Å². The zero-order chi connectivity index (χ0) is 9.97. The van der Waals surface area contributed by atoms with E-state index in [2.05, 4.69) is 24.2 Å². The van der Waals surface area contributed by atoms with E-state index in [1.807, 2.05) is 22.9 Å². The zero-order valence-corrected chi connectivity index (χ0v) is 8.70. The van der Waals surface area contributed by atoms with E-state index in [-0.39, 0.29) is 0 Å². The third-order valence-corrected chi connectivity index (χ3v) is 2.38. The Morgan fingerprint density at radius 2 is 2.21 bits per heavy atom. The maximum atomic E-state index is 5.80. The van der Waals surface area contributed by atoms with E-state index >= 15 is 0 Å². The van der Waals surface area contributed by atoms with Gasteiger partial charge in [0.05, 0.1) is 17.3 Å². The summed E-state index contributed by atoms with van der Waals surface area (Å²) in [4.78, 5) is 0. The third kappa shape index (κ3) is 1.66. The van der Waals surface area contributed by atoms with Crippen molar-refractivity contribution in [1.29, 1.82) is 0 Å². The standard InChI is InChI=1S/C11H11ClN2/c1-9-3-2-4-10(7-9)14-11(8-12)5-6-13-14/h2-7H,8H2,1H3. The summed E-state index contributed by atoms with van der Waals surface area (Å²) in [5.74, 6) is 0.480. The Morgan fingerprint density at radius 3 is 2.93 bits per heavy atom. The van der Waals surface area contributed by atoms with Gasteiger partial charge in [0.2, 0.25) is 0 Å². The van der Waals surface area contributed by atoms with Crippen LogP contribution in [0.3, 0.4) is 0 Å². The van der Waals surface area contributed by atoms with E-state index in [0.29, 0.717) is 5.88 Å². The van der Waals surface area contributed by atoms with E-state index in [4.69, 9.17) is 11.6 Å². The molecule has 0 atom stereocenters. The number of benzene rings is 1. The maximum Gasteiger partial charge on any atom is 0.0651 e. The van der Waals surface area contributed by atoms with E-state index in [1.54, 1.807) is 6.20 Å². The predicted octanol–water partition coefficient (Wildman–Crippen LogP) is 2.92. The molecule has 72 valence electrons. The molecule has 1 heterocycles. The second kappa shape index (κ2) is 3.84. The van der Waals surface area contributed by atoms with Gasteiger partial charge in [0.25, 0.3) is 0 Å². The zero-order valence-electron chi connectivity index (χ0n) is 7.94. The van der Waals surface area contributed by atoms with Crippen LogP contribution in [0.1, 0.15) is 11.3 Å². The van der Waals surface area contributed by atoms with Gasteiger partial charge in [-0.15, -0.1) is 11.6 Å². The molecule has 0 bridgehead atoms. The highest BCUT2D eigenvalue weighted by molar-refractivity contribution is 6.16. The number of rotatable bonds is 2. The highest BCUT2D eigenvalue weighted by Crippen LogP contribution is 2.13. The molecule has 2 nitrogen and oxygen atoms in total. The fourth-order valence-corrected chi connectivity index (χ4v) is 1.63. The minimum absolute atomic E-state index is 0.480. The van der Waals surface area contributed by atoms with Crippen LogP contribution in [0.5, 0.6) is 0 Å². The van der Waals surface area contributed by atoms with Crippen LogP contribution in [0.15, 0.2) is 36.5 Å². The van der Waals surface area contributed by atoms with E-state index in [0.717, 1.165) is 11.4 Å². The number of halogens is 1. The Morgan fingerprint density at radius 1 is 1.36 bits per heavy atom. The van der Waals surface area contributed by atoms with Crippen molar-refractivity contribution in [3.63, 3.8) is 0 Å². The first-order valence-electron chi connectivity index (χ1n) is 4.47. The normalized spacial score (nSPS) is 10.4. The lowest BCUT2D eigenvalue weighted by molar-refractivity contribution is 0.839. The summed E-state index contributed by atoms with van der Waals surface area (Å²) in [6, 6.07) is 10.1. The Balaban J connectivity index is 2.49. The molecule has 3 heteroatoms. The van der Waals surface area contributed by atoms with E-state index in [9.17, 15) is 0 Å². The highest BCUT2D eigenvalue weighted by Gasteiger charge is 2.02. The molecule has 0 N–H and O–H groups in total. The summed E-state index contributed by atoms with van der Waals surface area (Å²) >= 11 is 5.80. The van der Waals surface area contributed by atoms with Gasteiger partial charge in [0.1, 0.15) is 0 Å². The molecule has 1 aromatic carbocycles. The summed E-state index contributed by atoms with van der Waals surface area (Å²) < 4.78 is 1.86. The molecule has 0 saturated carbocycles. The Kier molecular flexibility index (Phi) is 2.55. The summed E-state index contributed by atoms with van der Waals surface area (Å²) in [6.07, 6.45) is 1.76.